The molecule has 2 rings (SSSR count). The first kappa shape index (κ1) is 15.6. The van der Waals surface area contributed by atoms with Crippen molar-refractivity contribution in [1.29, 1.82) is 0 Å². The van der Waals surface area contributed by atoms with Crippen LogP contribution in [0.3, 0.4) is 0 Å². The number of rotatable bonds is 4. The molecule has 0 aromatic carbocycles. The van der Waals surface area contributed by atoms with Gasteiger partial charge in [0.15, 0.2) is 0 Å². The molecule has 0 N–H and O–H groups in total. The highest BCUT2D eigenvalue weighted by atomic mass is 32.2. The smallest absolute Gasteiger partial charge is 0.303 e. The van der Waals surface area contributed by atoms with Gasteiger partial charge < -0.3 is 4.74 Å². The first-order valence-electron chi connectivity index (χ1n) is 6.46. The summed E-state index contributed by atoms with van der Waals surface area (Å²) >= 11 is 0. The van der Waals surface area contributed by atoms with E-state index in [0.717, 1.165) is 0 Å². The van der Waals surface area contributed by atoms with Gasteiger partial charge in [-0.05, 0) is 13.8 Å². The van der Waals surface area contributed by atoms with Crippen molar-refractivity contribution in [3.63, 3.8) is 0 Å². The van der Waals surface area contributed by atoms with Crippen LogP contribution in [0.5, 0.6) is 0 Å². The highest BCUT2D eigenvalue weighted by molar-refractivity contribution is 7.84. The topological polar surface area (TPSA) is 86.5 Å². The summed E-state index contributed by atoms with van der Waals surface area (Å²) in [5.74, 6) is 0.0833. The molecule has 7 nitrogen and oxygen atoms in total. The molecule has 0 saturated heterocycles. The standard InChI is InChI=1S/C13H18N4O3S/c1-8(13(3,4)20-9(2)18)11-14-6-10-7-15-12(21(5)19)16-17(10)11/h6-8H,1-5H3. The third kappa shape index (κ3) is 3.10. The van der Waals surface area contributed by atoms with Crippen molar-refractivity contribution in [2.75, 3.05) is 6.26 Å². The van der Waals surface area contributed by atoms with E-state index in [1.54, 1.807) is 16.9 Å². The van der Waals surface area contributed by atoms with Gasteiger partial charge in [0, 0.05) is 13.2 Å². The molecule has 21 heavy (non-hydrogen) atoms. The number of ether oxygens (including phenoxy) is 1. The lowest BCUT2D eigenvalue weighted by atomic mass is 9.92. The van der Waals surface area contributed by atoms with Crippen molar-refractivity contribution in [1.82, 2.24) is 19.6 Å². The van der Waals surface area contributed by atoms with E-state index < -0.39 is 16.4 Å². The molecule has 2 aromatic rings. The van der Waals surface area contributed by atoms with Gasteiger partial charge in [-0.1, -0.05) is 6.92 Å². The highest BCUT2D eigenvalue weighted by Crippen LogP contribution is 2.30. The van der Waals surface area contributed by atoms with Gasteiger partial charge in [0.25, 0.3) is 0 Å². The number of esters is 1. The number of carbonyl (C=O) groups excluding carboxylic acids is 1. The zero-order valence-electron chi connectivity index (χ0n) is 12.7. The molecule has 0 aliphatic carbocycles. The molecule has 114 valence electrons. The number of nitrogens with zero attached hydrogens (tertiary/aromatic N) is 4. The number of aromatic nitrogens is 4. The van der Waals surface area contributed by atoms with Gasteiger partial charge in [-0.2, -0.15) is 0 Å². The third-order valence-corrected chi connectivity index (χ3v) is 4.08. The molecule has 0 aliphatic heterocycles. The summed E-state index contributed by atoms with van der Waals surface area (Å²) in [6, 6.07) is 0. The number of carbonyl (C=O) groups is 1. The average Bonchev–Trinajstić information content (AvgIpc) is 2.78. The van der Waals surface area contributed by atoms with Crippen molar-refractivity contribution < 1.29 is 13.7 Å². The SMILES string of the molecule is CC(=O)OC(C)(C)C(C)c1ncc2cnc(S(C)=O)nn12. The molecule has 2 atom stereocenters. The molecular formula is C13H18N4O3S. The number of fused-ring (bicyclic) bond motifs is 1. The van der Waals surface area contributed by atoms with Crippen LogP contribution in [0.4, 0.5) is 0 Å². The van der Waals surface area contributed by atoms with Gasteiger partial charge in [0.1, 0.15) is 16.9 Å². The largest absolute Gasteiger partial charge is 0.459 e. The van der Waals surface area contributed by atoms with E-state index in [-0.39, 0.29) is 17.0 Å². The lowest BCUT2D eigenvalue weighted by Gasteiger charge is -2.30. The average molecular weight is 310 g/mol. The minimum atomic E-state index is -1.28. The maximum absolute atomic E-state index is 11.5. The third-order valence-electron chi connectivity index (χ3n) is 3.38. The Bertz CT molecular complexity index is 711. The molecule has 2 aromatic heterocycles. The Labute approximate surface area is 125 Å². The zero-order chi connectivity index (χ0) is 15.8. The van der Waals surface area contributed by atoms with E-state index in [1.165, 1.54) is 13.2 Å². The molecule has 0 radical (unpaired) electrons. The van der Waals surface area contributed by atoms with Crippen molar-refractivity contribution in [3.8, 4) is 0 Å². The van der Waals surface area contributed by atoms with Crippen molar-refractivity contribution >= 4 is 22.3 Å². The lowest BCUT2D eigenvalue weighted by Crippen LogP contribution is -2.34. The first-order valence-corrected chi connectivity index (χ1v) is 8.02. The summed E-state index contributed by atoms with van der Waals surface area (Å²) in [6.45, 7) is 6.92. The van der Waals surface area contributed by atoms with Gasteiger partial charge in [0.2, 0.25) is 5.16 Å². The maximum atomic E-state index is 11.5. The van der Waals surface area contributed by atoms with Gasteiger partial charge in [-0.25, -0.2) is 14.5 Å². The molecule has 0 saturated carbocycles. The lowest BCUT2D eigenvalue weighted by molar-refractivity contribution is -0.155. The van der Waals surface area contributed by atoms with Crippen LogP contribution in [0.1, 0.15) is 39.4 Å². The fourth-order valence-electron chi connectivity index (χ4n) is 2.00. The van der Waals surface area contributed by atoms with Gasteiger partial charge in [0.05, 0.1) is 29.1 Å². The van der Waals surface area contributed by atoms with Gasteiger partial charge >= 0.3 is 5.97 Å². The highest BCUT2D eigenvalue weighted by Gasteiger charge is 2.33. The molecular weight excluding hydrogens is 292 g/mol. The molecule has 0 amide bonds. The van der Waals surface area contributed by atoms with Crippen LogP contribution in [-0.4, -0.2) is 41.6 Å². The zero-order valence-corrected chi connectivity index (χ0v) is 13.5. The van der Waals surface area contributed by atoms with Gasteiger partial charge in [-0.3, -0.25) is 9.00 Å². The van der Waals surface area contributed by atoms with E-state index in [9.17, 15) is 9.00 Å². The number of hydrogen-bond donors (Lipinski definition) is 0. The molecule has 2 unspecified atom stereocenters. The maximum Gasteiger partial charge on any atom is 0.303 e. The fraction of sp³-hybridized carbons (Fsp3) is 0.538. The Morgan fingerprint density at radius 3 is 2.57 bits per heavy atom. The first-order chi connectivity index (χ1) is 9.72. The minimum absolute atomic E-state index is 0.197. The molecule has 0 bridgehead atoms. The molecule has 0 spiro atoms. The molecule has 0 aliphatic rings. The Morgan fingerprint density at radius 1 is 1.38 bits per heavy atom. The second-order valence-corrected chi connectivity index (χ2v) is 6.64. The van der Waals surface area contributed by atoms with Crippen molar-refractivity contribution in [3.05, 3.63) is 18.2 Å². The minimum Gasteiger partial charge on any atom is -0.459 e. The Balaban J connectivity index is 2.48. The Kier molecular flexibility index (Phi) is 4.08. The fourth-order valence-corrected chi connectivity index (χ4v) is 2.40. The van der Waals surface area contributed by atoms with E-state index in [0.29, 0.717) is 11.3 Å². The Morgan fingerprint density at radius 2 is 2.00 bits per heavy atom. The van der Waals surface area contributed by atoms with Crippen LogP contribution in [-0.2, 0) is 20.3 Å². The number of imidazole rings is 1. The van der Waals surface area contributed by atoms with E-state index in [4.69, 9.17) is 4.74 Å². The van der Waals surface area contributed by atoms with Crippen LogP contribution in [0.2, 0.25) is 0 Å². The second kappa shape index (κ2) is 5.51. The molecule has 8 heteroatoms. The van der Waals surface area contributed by atoms with Crippen molar-refractivity contribution in [2.45, 2.75) is 44.4 Å². The second-order valence-electron chi connectivity index (χ2n) is 5.37. The van der Waals surface area contributed by atoms with Crippen LogP contribution in [0, 0.1) is 0 Å². The van der Waals surface area contributed by atoms with E-state index >= 15 is 0 Å². The van der Waals surface area contributed by atoms with Crippen LogP contribution in [0.25, 0.3) is 5.52 Å². The van der Waals surface area contributed by atoms with Crippen molar-refractivity contribution in [2.24, 2.45) is 0 Å². The van der Waals surface area contributed by atoms with Crippen LogP contribution >= 0.6 is 0 Å². The summed E-state index contributed by atoms with van der Waals surface area (Å²) in [7, 11) is -1.28. The van der Waals surface area contributed by atoms with Crippen LogP contribution < -0.4 is 0 Å². The summed E-state index contributed by atoms with van der Waals surface area (Å²) in [5.41, 5.74) is -0.0338. The van der Waals surface area contributed by atoms with E-state index in [1.807, 2.05) is 20.8 Å². The predicted molar refractivity (Wildman–Crippen MR) is 77.4 cm³/mol. The summed E-state index contributed by atoms with van der Waals surface area (Å²) in [5, 5.41) is 4.49. The predicted octanol–water partition coefficient (Wildman–Crippen LogP) is 1.31. The van der Waals surface area contributed by atoms with Crippen LogP contribution in [0.15, 0.2) is 17.6 Å². The monoisotopic (exact) mass is 310 g/mol. The molecule has 2 heterocycles. The Hall–Kier alpha value is -1.83. The van der Waals surface area contributed by atoms with E-state index in [2.05, 4.69) is 15.1 Å². The molecule has 0 fully saturated rings. The van der Waals surface area contributed by atoms with Gasteiger partial charge in [-0.15, -0.1) is 5.10 Å². The summed E-state index contributed by atoms with van der Waals surface area (Å²) in [4.78, 5) is 19.6. The summed E-state index contributed by atoms with van der Waals surface area (Å²) < 4.78 is 18.5. The normalized spacial score (nSPS) is 14.9. The summed E-state index contributed by atoms with van der Waals surface area (Å²) in [6.07, 6.45) is 4.73. The number of hydrogen-bond acceptors (Lipinski definition) is 6. The quantitative estimate of drug-likeness (QED) is 0.791.